The van der Waals surface area contributed by atoms with Gasteiger partial charge >= 0.3 is 0 Å². The molecule has 1 aromatic carbocycles. The molecule has 0 radical (unpaired) electrons. The standard InChI is InChI=1S/C16H19N3O2.ClH/c17-13-15(12-14-4-2-1-3-5-14)16(20)18-6-7-19-8-10-21-11-9-19;/h1-5,12H,6-11H2,(H,18,20);1H/b15-12-;. The number of nitrogens with zero attached hydrogens (tertiary/aromatic N) is 2. The Kier molecular flexibility index (Phi) is 8.23. The van der Waals surface area contributed by atoms with Gasteiger partial charge in [0.2, 0.25) is 0 Å². The van der Waals surface area contributed by atoms with E-state index in [0.717, 1.165) is 38.4 Å². The number of nitriles is 1. The molecule has 22 heavy (non-hydrogen) atoms. The topological polar surface area (TPSA) is 65.4 Å². The van der Waals surface area contributed by atoms with Gasteiger partial charge in [-0.2, -0.15) is 5.26 Å². The lowest BCUT2D eigenvalue weighted by molar-refractivity contribution is -0.117. The Balaban J connectivity index is 0.00000242. The zero-order valence-electron chi connectivity index (χ0n) is 12.3. The maximum Gasteiger partial charge on any atom is 0.261 e. The van der Waals surface area contributed by atoms with Gasteiger partial charge in [0.15, 0.2) is 0 Å². The molecule has 0 bridgehead atoms. The van der Waals surface area contributed by atoms with Crippen LogP contribution in [0.15, 0.2) is 35.9 Å². The van der Waals surface area contributed by atoms with E-state index in [2.05, 4.69) is 10.2 Å². The van der Waals surface area contributed by atoms with Gasteiger partial charge in [-0.25, -0.2) is 0 Å². The molecule has 118 valence electrons. The van der Waals surface area contributed by atoms with Crippen LogP contribution >= 0.6 is 12.4 Å². The summed E-state index contributed by atoms with van der Waals surface area (Å²) in [6.45, 7) is 4.57. The fourth-order valence-corrected chi connectivity index (χ4v) is 2.11. The molecule has 2 rings (SSSR count). The fourth-order valence-electron chi connectivity index (χ4n) is 2.11. The Hall–Kier alpha value is -1.87. The van der Waals surface area contributed by atoms with Gasteiger partial charge in [-0.3, -0.25) is 9.69 Å². The first kappa shape index (κ1) is 18.2. The second-order valence-corrected chi connectivity index (χ2v) is 4.79. The quantitative estimate of drug-likeness (QED) is 0.659. The van der Waals surface area contributed by atoms with E-state index in [1.807, 2.05) is 36.4 Å². The molecule has 1 saturated heterocycles. The highest BCUT2D eigenvalue weighted by Gasteiger charge is 2.12. The van der Waals surface area contributed by atoms with Crippen molar-refractivity contribution in [2.45, 2.75) is 0 Å². The van der Waals surface area contributed by atoms with Crippen LogP contribution in [0.1, 0.15) is 5.56 Å². The first-order valence-electron chi connectivity index (χ1n) is 7.05. The number of benzene rings is 1. The molecule has 1 heterocycles. The lowest BCUT2D eigenvalue weighted by atomic mass is 10.1. The lowest BCUT2D eigenvalue weighted by Crippen LogP contribution is -2.41. The average molecular weight is 322 g/mol. The van der Waals surface area contributed by atoms with E-state index in [-0.39, 0.29) is 23.9 Å². The van der Waals surface area contributed by atoms with Crippen molar-refractivity contribution in [1.82, 2.24) is 10.2 Å². The van der Waals surface area contributed by atoms with Crippen molar-refractivity contribution in [3.8, 4) is 6.07 Å². The number of hydrogen-bond donors (Lipinski definition) is 1. The minimum absolute atomic E-state index is 0. The van der Waals surface area contributed by atoms with Gasteiger partial charge in [-0.1, -0.05) is 30.3 Å². The molecule has 6 heteroatoms. The van der Waals surface area contributed by atoms with Crippen molar-refractivity contribution < 1.29 is 9.53 Å². The molecule has 1 fully saturated rings. The van der Waals surface area contributed by atoms with Gasteiger partial charge in [0, 0.05) is 26.2 Å². The van der Waals surface area contributed by atoms with Gasteiger partial charge in [0.1, 0.15) is 11.6 Å². The van der Waals surface area contributed by atoms with E-state index < -0.39 is 0 Å². The van der Waals surface area contributed by atoms with Crippen molar-refractivity contribution in [2.75, 3.05) is 39.4 Å². The van der Waals surface area contributed by atoms with Gasteiger partial charge in [-0.05, 0) is 11.6 Å². The third kappa shape index (κ3) is 5.86. The van der Waals surface area contributed by atoms with Crippen molar-refractivity contribution in [3.63, 3.8) is 0 Å². The van der Waals surface area contributed by atoms with Gasteiger partial charge in [0.05, 0.1) is 13.2 Å². The summed E-state index contributed by atoms with van der Waals surface area (Å²) in [5.41, 5.74) is 0.973. The molecule has 1 aliphatic heterocycles. The van der Waals surface area contributed by atoms with E-state index >= 15 is 0 Å². The zero-order chi connectivity index (χ0) is 14.9. The molecule has 0 atom stereocenters. The summed E-state index contributed by atoms with van der Waals surface area (Å²) in [4.78, 5) is 14.2. The first-order valence-corrected chi connectivity index (χ1v) is 7.05. The number of rotatable bonds is 5. The molecule has 1 N–H and O–H groups in total. The van der Waals surface area contributed by atoms with Crippen LogP contribution in [0.5, 0.6) is 0 Å². The Morgan fingerprint density at radius 3 is 2.64 bits per heavy atom. The van der Waals surface area contributed by atoms with Crippen molar-refractivity contribution in [3.05, 3.63) is 41.5 Å². The Bertz CT molecular complexity index is 534. The zero-order valence-corrected chi connectivity index (χ0v) is 13.1. The average Bonchev–Trinajstić information content (AvgIpc) is 2.54. The second-order valence-electron chi connectivity index (χ2n) is 4.79. The predicted octanol–water partition coefficient (Wildman–Crippen LogP) is 1.46. The van der Waals surface area contributed by atoms with E-state index in [0.29, 0.717) is 6.54 Å². The van der Waals surface area contributed by atoms with E-state index in [4.69, 9.17) is 10.00 Å². The molecule has 0 spiro atoms. The Labute approximate surface area is 137 Å². The fraction of sp³-hybridized carbons (Fsp3) is 0.375. The summed E-state index contributed by atoms with van der Waals surface area (Å²) < 4.78 is 5.27. The summed E-state index contributed by atoms with van der Waals surface area (Å²) in [6, 6.07) is 11.3. The summed E-state index contributed by atoms with van der Waals surface area (Å²) in [5, 5.41) is 11.9. The van der Waals surface area contributed by atoms with Crippen LogP contribution in [0.25, 0.3) is 6.08 Å². The van der Waals surface area contributed by atoms with Gasteiger partial charge in [-0.15, -0.1) is 12.4 Å². The van der Waals surface area contributed by atoms with Gasteiger partial charge < -0.3 is 10.1 Å². The van der Waals surface area contributed by atoms with E-state index in [1.54, 1.807) is 6.08 Å². The third-order valence-electron chi connectivity index (χ3n) is 3.29. The highest BCUT2D eigenvalue weighted by Crippen LogP contribution is 2.06. The van der Waals surface area contributed by atoms with Crippen LogP contribution in [0.3, 0.4) is 0 Å². The maximum absolute atomic E-state index is 12.0. The number of amides is 1. The number of carbonyl (C=O) groups excluding carboxylic acids is 1. The predicted molar refractivity (Wildman–Crippen MR) is 87.5 cm³/mol. The van der Waals surface area contributed by atoms with Crippen molar-refractivity contribution >= 4 is 24.4 Å². The molecule has 5 nitrogen and oxygen atoms in total. The molecule has 0 aromatic heterocycles. The lowest BCUT2D eigenvalue weighted by Gasteiger charge is -2.26. The molecule has 0 aliphatic carbocycles. The van der Waals surface area contributed by atoms with E-state index in [1.165, 1.54) is 0 Å². The van der Waals surface area contributed by atoms with Crippen molar-refractivity contribution in [2.24, 2.45) is 0 Å². The maximum atomic E-state index is 12.0. The van der Waals surface area contributed by atoms with Crippen LogP contribution in [0.2, 0.25) is 0 Å². The van der Waals surface area contributed by atoms with Crippen molar-refractivity contribution in [1.29, 1.82) is 5.26 Å². The molecule has 1 amide bonds. The number of morpholine rings is 1. The third-order valence-corrected chi connectivity index (χ3v) is 3.29. The van der Waals surface area contributed by atoms with Crippen LogP contribution in [-0.2, 0) is 9.53 Å². The van der Waals surface area contributed by atoms with Gasteiger partial charge in [0.25, 0.3) is 5.91 Å². The normalized spacial score (nSPS) is 15.5. The Morgan fingerprint density at radius 2 is 2.00 bits per heavy atom. The molecule has 0 saturated carbocycles. The van der Waals surface area contributed by atoms with Crippen LogP contribution in [0, 0.1) is 11.3 Å². The number of nitrogens with one attached hydrogen (secondary N) is 1. The first-order chi connectivity index (χ1) is 10.3. The number of ether oxygens (including phenoxy) is 1. The molecular formula is C16H20ClN3O2. The minimum atomic E-state index is -0.324. The SMILES string of the molecule is Cl.N#C/C(=C/c1ccccc1)C(=O)NCCN1CCOCC1. The summed E-state index contributed by atoms with van der Waals surface area (Å²) in [6.07, 6.45) is 1.60. The second kappa shape index (κ2) is 9.96. The highest BCUT2D eigenvalue weighted by atomic mass is 35.5. The van der Waals surface area contributed by atoms with Crippen LogP contribution in [0.4, 0.5) is 0 Å². The largest absolute Gasteiger partial charge is 0.379 e. The summed E-state index contributed by atoms with van der Waals surface area (Å²) >= 11 is 0. The molecule has 1 aliphatic rings. The number of hydrogen-bond acceptors (Lipinski definition) is 4. The number of carbonyl (C=O) groups is 1. The smallest absolute Gasteiger partial charge is 0.261 e. The number of halogens is 1. The van der Waals surface area contributed by atoms with E-state index in [9.17, 15) is 4.79 Å². The summed E-state index contributed by atoms with van der Waals surface area (Å²) in [5.74, 6) is -0.324. The monoisotopic (exact) mass is 321 g/mol. The highest BCUT2D eigenvalue weighted by molar-refractivity contribution is 6.01. The molecular weight excluding hydrogens is 302 g/mol. The van der Waals surface area contributed by atoms with Crippen LogP contribution in [-0.4, -0.2) is 50.2 Å². The van der Waals surface area contributed by atoms with Crippen LogP contribution < -0.4 is 5.32 Å². The molecule has 1 aromatic rings. The minimum Gasteiger partial charge on any atom is -0.379 e. The summed E-state index contributed by atoms with van der Waals surface area (Å²) in [7, 11) is 0. The molecule has 0 unspecified atom stereocenters. The Morgan fingerprint density at radius 1 is 1.32 bits per heavy atom.